The maximum absolute atomic E-state index is 13.4. The predicted octanol–water partition coefficient (Wildman–Crippen LogP) is 4.40. The van der Waals surface area contributed by atoms with Gasteiger partial charge in [0.2, 0.25) is 5.01 Å². The molecule has 1 atom stereocenters. The van der Waals surface area contributed by atoms with E-state index in [4.69, 9.17) is 4.74 Å². The maximum Gasteiger partial charge on any atom is 0.322 e. The van der Waals surface area contributed by atoms with Crippen LogP contribution in [0.2, 0.25) is 0 Å². The number of ether oxygens (including phenoxy) is 1. The van der Waals surface area contributed by atoms with E-state index in [1.165, 1.54) is 18.2 Å². The van der Waals surface area contributed by atoms with E-state index in [-0.39, 0.29) is 29.5 Å². The highest BCUT2D eigenvalue weighted by Crippen LogP contribution is 2.34. The van der Waals surface area contributed by atoms with E-state index in [0.29, 0.717) is 36.0 Å². The van der Waals surface area contributed by atoms with Crippen LogP contribution in [-0.4, -0.2) is 46.2 Å². The summed E-state index contributed by atoms with van der Waals surface area (Å²) in [4.78, 5) is 38.7. The SMILES string of the molecule is CCOC(=O)Cc1ccc(NC(=O)N2CCC[C@@H]2c2nnc(C(=O)Nc3cccc(F)c3)s2)cc1. The molecular weight excluding hydrogens is 473 g/mol. The number of anilines is 2. The van der Waals surface area contributed by atoms with Crippen LogP contribution in [0.25, 0.3) is 0 Å². The molecule has 11 heteroatoms. The van der Waals surface area contributed by atoms with Gasteiger partial charge < -0.3 is 20.3 Å². The van der Waals surface area contributed by atoms with Crippen LogP contribution < -0.4 is 10.6 Å². The van der Waals surface area contributed by atoms with Gasteiger partial charge in [-0.2, -0.15) is 0 Å². The third-order valence-corrected chi connectivity index (χ3v) is 6.40. The lowest BCUT2D eigenvalue weighted by molar-refractivity contribution is -0.142. The van der Waals surface area contributed by atoms with Crippen molar-refractivity contribution in [3.8, 4) is 0 Å². The van der Waals surface area contributed by atoms with Crippen LogP contribution in [0.4, 0.5) is 20.6 Å². The van der Waals surface area contributed by atoms with Gasteiger partial charge in [0.25, 0.3) is 5.91 Å². The van der Waals surface area contributed by atoms with Crippen LogP contribution in [-0.2, 0) is 16.0 Å². The van der Waals surface area contributed by atoms with Gasteiger partial charge in [0.1, 0.15) is 10.8 Å². The number of likely N-dealkylation sites (tertiary alicyclic amines) is 1. The number of nitrogens with one attached hydrogen (secondary N) is 2. The van der Waals surface area contributed by atoms with Crippen LogP contribution in [0.5, 0.6) is 0 Å². The zero-order valence-corrected chi connectivity index (χ0v) is 19.8. The lowest BCUT2D eigenvalue weighted by Gasteiger charge is -2.23. The molecule has 1 aliphatic rings. The molecule has 0 radical (unpaired) electrons. The molecule has 0 aliphatic carbocycles. The largest absolute Gasteiger partial charge is 0.466 e. The van der Waals surface area contributed by atoms with Crippen LogP contribution in [0.3, 0.4) is 0 Å². The van der Waals surface area contributed by atoms with Gasteiger partial charge in [-0.3, -0.25) is 9.59 Å². The van der Waals surface area contributed by atoms with Crippen LogP contribution in [0, 0.1) is 5.82 Å². The van der Waals surface area contributed by atoms with Gasteiger partial charge in [-0.05, 0) is 55.7 Å². The van der Waals surface area contributed by atoms with E-state index in [1.54, 1.807) is 42.2 Å². The van der Waals surface area contributed by atoms with Crippen molar-refractivity contribution in [2.45, 2.75) is 32.2 Å². The van der Waals surface area contributed by atoms with E-state index >= 15 is 0 Å². The summed E-state index contributed by atoms with van der Waals surface area (Å²) < 4.78 is 18.3. The summed E-state index contributed by atoms with van der Waals surface area (Å²) in [5.41, 5.74) is 1.71. The standard InChI is InChI=1S/C24H24FN5O4S/c1-2-34-20(31)13-15-8-10-17(11-9-15)27-24(33)30-12-4-7-19(30)22-28-29-23(35-22)21(32)26-18-6-3-5-16(25)14-18/h3,5-6,8-11,14,19H,2,4,7,12-13H2,1H3,(H,26,32)(H,27,33)/t19-/m1/s1. The molecule has 2 aromatic carbocycles. The second-order valence-electron chi connectivity index (χ2n) is 7.87. The van der Waals surface area contributed by atoms with E-state index in [1.807, 2.05) is 0 Å². The minimum absolute atomic E-state index is 0.133. The molecule has 182 valence electrons. The Balaban J connectivity index is 1.37. The van der Waals surface area contributed by atoms with Crippen molar-refractivity contribution in [2.75, 3.05) is 23.8 Å². The molecule has 2 heterocycles. The Morgan fingerprint density at radius 1 is 1.11 bits per heavy atom. The summed E-state index contributed by atoms with van der Waals surface area (Å²) in [6, 6.07) is 12.0. The number of halogens is 1. The second kappa shape index (κ2) is 11.0. The smallest absolute Gasteiger partial charge is 0.322 e. The van der Waals surface area contributed by atoms with Crippen LogP contribution in [0.1, 0.15) is 46.2 Å². The molecule has 0 unspecified atom stereocenters. The fourth-order valence-corrected chi connectivity index (χ4v) is 4.64. The number of benzene rings is 2. The first-order chi connectivity index (χ1) is 16.9. The number of rotatable bonds is 7. The molecule has 1 fully saturated rings. The summed E-state index contributed by atoms with van der Waals surface area (Å²) in [6.45, 7) is 2.63. The molecule has 1 aromatic heterocycles. The minimum Gasteiger partial charge on any atom is -0.466 e. The van der Waals surface area contributed by atoms with Crippen LogP contribution >= 0.6 is 11.3 Å². The molecule has 3 amide bonds. The first-order valence-corrected chi connectivity index (χ1v) is 12.0. The van der Waals surface area contributed by atoms with Crippen molar-refractivity contribution in [2.24, 2.45) is 0 Å². The Labute approximate surface area is 205 Å². The van der Waals surface area contributed by atoms with Gasteiger partial charge >= 0.3 is 12.0 Å². The Bertz CT molecular complexity index is 1220. The van der Waals surface area contributed by atoms with Crippen molar-refractivity contribution < 1.29 is 23.5 Å². The molecule has 0 saturated carbocycles. The van der Waals surface area contributed by atoms with Crippen molar-refractivity contribution in [1.29, 1.82) is 0 Å². The quantitative estimate of drug-likeness (QED) is 0.468. The number of carbonyl (C=O) groups excluding carboxylic acids is 3. The number of aromatic nitrogens is 2. The lowest BCUT2D eigenvalue weighted by atomic mass is 10.1. The van der Waals surface area contributed by atoms with Gasteiger partial charge in [-0.25, -0.2) is 9.18 Å². The van der Waals surface area contributed by atoms with E-state index < -0.39 is 11.7 Å². The fraction of sp³-hybridized carbons (Fsp3) is 0.292. The highest BCUT2D eigenvalue weighted by Gasteiger charge is 2.33. The third-order valence-electron chi connectivity index (χ3n) is 5.38. The number of urea groups is 1. The summed E-state index contributed by atoms with van der Waals surface area (Å²) in [6.07, 6.45) is 1.66. The summed E-state index contributed by atoms with van der Waals surface area (Å²) in [5.74, 6) is -1.25. The zero-order valence-electron chi connectivity index (χ0n) is 19.0. The van der Waals surface area contributed by atoms with Crippen molar-refractivity contribution >= 4 is 40.6 Å². The zero-order chi connectivity index (χ0) is 24.8. The molecule has 0 bridgehead atoms. The Morgan fingerprint density at radius 2 is 1.91 bits per heavy atom. The first-order valence-electron chi connectivity index (χ1n) is 11.2. The van der Waals surface area contributed by atoms with Gasteiger partial charge in [-0.1, -0.05) is 29.5 Å². The minimum atomic E-state index is -0.490. The predicted molar refractivity (Wildman–Crippen MR) is 129 cm³/mol. The highest BCUT2D eigenvalue weighted by atomic mass is 32.1. The maximum atomic E-state index is 13.4. The van der Waals surface area contributed by atoms with E-state index in [9.17, 15) is 18.8 Å². The van der Waals surface area contributed by atoms with Gasteiger partial charge in [-0.15, -0.1) is 10.2 Å². The summed E-state index contributed by atoms with van der Waals surface area (Å²) >= 11 is 1.11. The van der Waals surface area contributed by atoms with Crippen molar-refractivity contribution in [3.63, 3.8) is 0 Å². The number of hydrogen-bond acceptors (Lipinski definition) is 7. The summed E-state index contributed by atoms with van der Waals surface area (Å²) in [7, 11) is 0. The number of amides is 3. The molecule has 1 aliphatic heterocycles. The number of nitrogens with zero attached hydrogens (tertiary/aromatic N) is 3. The number of esters is 1. The lowest BCUT2D eigenvalue weighted by Crippen LogP contribution is -2.34. The molecule has 9 nitrogen and oxygen atoms in total. The van der Waals surface area contributed by atoms with Crippen LogP contribution in [0.15, 0.2) is 48.5 Å². The highest BCUT2D eigenvalue weighted by molar-refractivity contribution is 7.13. The molecule has 4 rings (SSSR count). The molecule has 0 spiro atoms. The van der Waals surface area contributed by atoms with Gasteiger partial charge in [0.05, 0.1) is 19.1 Å². The average molecular weight is 498 g/mol. The Hall–Kier alpha value is -3.86. The van der Waals surface area contributed by atoms with Gasteiger partial charge in [0, 0.05) is 17.9 Å². The molecular formula is C24H24FN5O4S. The van der Waals surface area contributed by atoms with Crippen molar-refractivity contribution in [1.82, 2.24) is 15.1 Å². The molecule has 2 N–H and O–H groups in total. The third kappa shape index (κ3) is 6.18. The number of hydrogen-bond donors (Lipinski definition) is 2. The van der Waals surface area contributed by atoms with Crippen molar-refractivity contribution in [3.05, 3.63) is 69.9 Å². The fourth-order valence-electron chi connectivity index (χ4n) is 3.76. The Kier molecular flexibility index (Phi) is 7.66. The monoisotopic (exact) mass is 497 g/mol. The Morgan fingerprint density at radius 3 is 2.66 bits per heavy atom. The first kappa shape index (κ1) is 24.3. The molecule has 35 heavy (non-hydrogen) atoms. The van der Waals surface area contributed by atoms with Gasteiger partial charge in [0.15, 0.2) is 0 Å². The summed E-state index contributed by atoms with van der Waals surface area (Å²) in [5, 5.41) is 14.3. The van der Waals surface area contributed by atoms with E-state index in [0.717, 1.165) is 23.3 Å². The normalized spacial score (nSPS) is 15.0. The number of carbonyl (C=O) groups is 3. The second-order valence-corrected chi connectivity index (χ2v) is 8.88. The van der Waals surface area contributed by atoms with E-state index in [2.05, 4.69) is 20.8 Å². The topological polar surface area (TPSA) is 114 Å². The molecule has 1 saturated heterocycles. The average Bonchev–Trinajstić information content (AvgIpc) is 3.50. The molecule has 3 aromatic rings.